The topological polar surface area (TPSA) is 242 Å². The zero-order valence-electron chi connectivity index (χ0n) is 53.9. The van der Waals surface area contributed by atoms with Crippen molar-refractivity contribution in [2.45, 2.75) is 221 Å². The minimum absolute atomic E-state index is 0. The van der Waals surface area contributed by atoms with Crippen LogP contribution in [-0.2, 0) is 51.1 Å². The Labute approximate surface area is 509 Å². The maximum atomic E-state index is 14.3. The lowest BCUT2D eigenvalue weighted by atomic mass is 9.79. The van der Waals surface area contributed by atoms with Crippen molar-refractivity contribution in [2.24, 2.45) is 59.2 Å². The van der Waals surface area contributed by atoms with Crippen molar-refractivity contribution in [1.82, 2.24) is 0 Å². The molecule has 6 heterocycles. The average molecular weight is 1290 g/mol. The maximum Gasteiger partial charge on any atom is 0.264 e. The Morgan fingerprint density at radius 2 is 1.04 bits per heavy atom. The number of rotatable bonds is 13. The third-order valence-corrected chi connectivity index (χ3v) is 19.9. The van der Waals surface area contributed by atoms with Crippen molar-refractivity contribution in [3.63, 3.8) is 0 Å². The number of nitriles is 1. The Morgan fingerprint density at radius 1 is 0.643 bits per heavy atom. The summed E-state index contributed by atoms with van der Waals surface area (Å²) in [5.41, 5.74) is -4.19. The average Bonchev–Trinajstić information content (AvgIpc) is 3.65. The van der Waals surface area contributed by atoms with E-state index < -0.39 is 110 Å². The quantitative estimate of drug-likeness (QED) is 0.0500. The molecule has 84 heavy (non-hydrogen) atoms. The summed E-state index contributed by atoms with van der Waals surface area (Å²) < 4.78 is 164. The van der Waals surface area contributed by atoms with Gasteiger partial charge in [-0.15, -0.1) is 0 Å². The van der Waals surface area contributed by atoms with E-state index in [1.807, 2.05) is 61.5 Å². The van der Waals surface area contributed by atoms with Gasteiger partial charge in [0.25, 0.3) is 18.8 Å². The van der Waals surface area contributed by atoms with Gasteiger partial charge < -0.3 is 76.7 Å². The molecule has 502 valence electrons. The molecule has 17 nitrogen and oxygen atoms in total. The Morgan fingerprint density at radius 3 is 1.44 bits per heavy atom. The second-order valence-corrected chi connectivity index (χ2v) is 26.8. The largest absolute Gasteiger partial charge is 0.400 e. The summed E-state index contributed by atoms with van der Waals surface area (Å²) in [6, 6.07) is 2.95. The molecule has 0 aromatic rings. The zero-order chi connectivity index (χ0) is 65.1. The van der Waals surface area contributed by atoms with Crippen molar-refractivity contribution < 1.29 is 104 Å². The van der Waals surface area contributed by atoms with E-state index in [0.29, 0.717) is 38.5 Å². The number of hydrogen-bond acceptors (Lipinski definition) is 17. The second kappa shape index (κ2) is 41.4. The van der Waals surface area contributed by atoms with Crippen LogP contribution in [0, 0.1) is 70.5 Å². The van der Waals surface area contributed by atoms with E-state index in [1.165, 1.54) is 14.0 Å². The van der Waals surface area contributed by atoms with Crippen LogP contribution < -0.4 is 0 Å². The summed E-state index contributed by atoms with van der Waals surface area (Å²) >= 11 is 0. The van der Waals surface area contributed by atoms with Crippen molar-refractivity contribution in [1.29, 1.82) is 6.69 Å². The highest BCUT2D eigenvalue weighted by molar-refractivity contribution is 7.46. The lowest BCUT2D eigenvalue weighted by molar-refractivity contribution is -0.207. The Bertz CT molecular complexity index is 1820. The van der Waals surface area contributed by atoms with Crippen LogP contribution in [0.4, 0.5) is 26.3 Å². The number of halogens is 6. The molecule has 6 saturated heterocycles. The first kappa shape index (κ1) is 83.0. The molecule has 0 aromatic carbocycles. The molecule has 0 amide bonds. The molecule has 0 aromatic heterocycles. The summed E-state index contributed by atoms with van der Waals surface area (Å²) in [4.78, 5) is 0. The highest BCUT2D eigenvalue weighted by Gasteiger charge is 2.50. The molecular formula is C58H114F6NO16PSi2. The van der Waals surface area contributed by atoms with Crippen LogP contribution in [0.25, 0.3) is 0 Å². The van der Waals surface area contributed by atoms with E-state index in [1.54, 1.807) is 48.4 Å². The smallest absolute Gasteiger partial charge is 0.264 e. The molecule has 0 radical (unpaired) electrons. The minimum Gasteiger partial charge on any atom is -0.400 e. The normalized spacial score (nSPS) is 41.9. The van der Waals surface area contributed by atoms with Gasteiger partial charge in [0.15, 0.2) is 14.7 Å². The predicted octanol–water partition coefficient (Wildman–Crippen LogP) is 9.13. The highest BCUT2D eigenvalue weighted by atomic mass is 31.2. The summed E-state index contributed by atoms with van der Waals surface area (Å²) in [7, 11) is -0.157. The van der Waals surface area contributed by atoms with Gasteiger partial charge in [-0.3, -0.25) is 0 Å². The van der Waals surface area contributed by atoms with E-state index in [-0.39, 0.29) is 127 Å². The summed E-state index contributed by atoms with van der Waals surface area (Å²) in [6.45, 7) is 27.9. The van der Waals surface area contributed by atoms with Crippen LogP contribution in [0.2, 0.25) is 12.1 Å². The first-order valence-electron chi connectivity index (χ1n) is 29.5. The van der Waals surface area contributed by atoms with Gasteiger partial charge in [0.1, 0.15) is 60.4 Å². The molecule has 0 aliphatic carbocycles. The van der Waals surface area contributed by atoms with Crippen molar-refractivity contribution in [2.75, 3.05) is 87.0 Å². The Kier molecular flexibility index (Phi) is 40.9. The molecule has 26 heteroatoms. The lowest BCUT2D eigenvalue weighted by Crippen LogP contribution is -2.57. The van der Waals surface area contributed by atoms with E-state index in [4.69, 9.17) is 65.6 Å². The Balaban J connectivity index is -0.000000955. The van der Waals surface area contributed by atoms with Gasteiger partial charge >= 0.3 is 0 Å². The number of aliphatic hydroxyl groups is 5. The molecule has 6 aliphatic heterocycles. The standard InChI is InChI=1S/C12H21FNO3P.C9H17FO3.2C9H17FO2Si.C8H15FO3.C8H15FO2.CH4O.2CH4/c1-9-8-15-12(2,3)11(10(9)13)17-18(4)16-7-5-6-14;1-6-3-13-9(4-11,5-12)7(2)8(6)10;2*1-6-4-12-9(3,5-13-11)7(2)8(6)10;1-5-3-12-8(2,4-10)7(11)6(5)9;1-5-4-11-8(10-3)6(2)7(5)9;1-2;;/h9-11H,5,7-8H2,1-4H3;6-8,11-12H,3-5H2,1-2H3;2*6-8,13H,4-5H2,1-3H3;5-7,10-11H,3-4H2,1-2H3;5-8H,4H2,1-3H3;2H,1H3;2*1H4/t9-,10+,11+,18?;6-,7-,8-;6-,7+,8+,9-;6-,7-,8-,9+;5-,6+,7+,8-;5-,6-,7-,8-;;;/m101010.../s1/i2D;;;;;;2T;;/t9-,10+,11+,12+,18?;;;;;;;;. The number of hydrogen-bond donors (Lipinski definition) is 5. The second-order valence-electron chi connectivity index (χ2n) is 23.9. The molecule has 0 bridgehead atoms. The van der Waals surface area contributed by atoms with Gasteiger partial charge in [0, 0.05) is 93.5 Å². The van der Waals surface area contributed by atoms with Crippen LogP contribution in [0.3, 0.4) is 0 Å². The predicted molar refractivity (Wildman–Crippen MR) is 318 cm³/mol. The first-order valence-corrected chi connectivity index (χ1v) is 32.6. The highest BCUT2D eigenvalue weighted by Crippen LogP contribution is 2.44. The van der Waals surface area contributed by atoms with E-state index >= 15 is 0 Å². The maximum absolute atomic E-state index is 14.3. The van der Waals surface area contributed by atoms with Crippen molar-refractivity contribution in [3.05, 3.63) is 0 Å². The van der Waals surface area contributed by atoms with Gasteiger partial charge in [-0.1, -0.05) is 84.1 Å². The first-order chi connectivity index (χ1) is 39.1. The fourth-order valence-corrected chi connectivity index (χ4v) is 12.5. The lowest BCUT2D eigenvalue weighted by Gasteiger charge is -2.44. The SMILES string of the molecule is C.C.CO[C@H]1OC[C@H](C)[C@H](F)[C@@H]1C.C[C@@H]1CO[C@](C)(CO)[C@@H](O)[C@H]1F.C[C@@H]1CO[C@](C)(C[SiH]=O)[C@@H](C)[C@H]1F.C[C@H]1COC(CO)(CO)[C@@H](C)[C@H]1F.C[C@H]1CO[C@](C)(C[SiH]=O)[C@@H](C)[C@H]1F.[2H]C[C@@]1(C)OC[C@@H](C)[C@H](F)[C@@H]1OP(C)OCCC#N.[3H]OC. The molecule has 1 unspecified atom stereocenters. The molecule has 24 atom stereocenters. The van der Waals surface area contributed by atoms with Crippen molar-refractivity contribution >= 4 is 27.2 Å². The number of ether oxygens (including phenoxy) is 7. The Hall–Kier alpha value is -1.03. The molecule has 6 rings (SSSR count). The number of alkyl halides is 6. The number of methoxy groups -OCH3 is 1. The molecule has 0 spiro atoms. The van der Waals surface area contributed by atoms with E-state index in [0.717, 1.165) is 0 Å². The van der Waals surface area contributed by atoms with Gasteiger partial charge in [0.05, 0.1) is 95.4 Å². The van der Waals surface area contributed by atoms with Gasteiger partial charge in [-0.2, -0.15) is 5.26 Å². The zero-order valence-corrected chi connectivity index (χ0v) is 55.1. The summed E-state index contributed by atoms with van der Waals surface area (Å²) in [6.07, 6.45) is -8.07. The molecule has 5 N–H and O–H groups in total. The van der Waals surface area contributed by atoms with Gasteiger partial charge in [-0.25, -0.2) is 26.3 Å². The number of aliphatic hydroxyl groups excluding tert-OH is 5. The van der Waals surface area contributed by atoms with E-state index in [2.05, 4.69) is 5.11 Å². The fraction of sp³-hybridized carbons (Fsp3) is 0.983. The van der Waals surface area contributed by atoms with Gasteiger partial charge in [-0.05, 0) is 34.6 Å². The van der Waals surface area contributed by atoms with Crippen LogP contribution in [0.15, 0.2) is 0 Å². The molecule has 6 fully saturated rings. The van der Waals surface area contributed by atoms with Gasteiger partial charge in [0.2, 0.25) is 1.43 Å². The van der Waals surface area contributed by atoms with Crippen LogP contribution >= 0.6 is 8.38 Å². The third kappa shape index (κ3) is 25.0. The monoisotopic (exact) mass is 1280 g/mol. The minimum atomic E-state index is -1.31. The van der Waals surface area contributed by atoms with E-state index in [9.17, 15) is 40.4 Å². The van der Waals surface area contributed by atoms with Crippen molar-refractivity contribution in [3.8, 4) is 6.07 Å². The number of nitrogens with zero attached hydrogens (tertiary/aromatic N) is 1. The summed E-state index contributed by atoms with van der Waals surface area (Å²) in [5, 5.41) is 48.3. The molecule has 6 aliphatic rings. The fourth-order valence-electron chi connectivity index (χ4n) is 9.74. The molecule has 0 saturated carbocycles. The van der Waals surface area contributed by atoms with Crippen LogP contribution in [0.5, 0.6) is 0 Å². The van der Waals surface area contributed by atoms with Crippen LogP contribution in [0.1, 0.15) is 126 Å². The third-order valence-electron chi connectivity index (χ3n) is 16.9. The van der Waals surface area contributed by atoms with Crippen LogP contribution in [-0.4, -0.2) is 216 Å². The summed E-state index contributed by atoms with van der Waals surface area (Å²) in [5.74, 6) is -1.73. The molecular weight excluding hydrogens is 1170 g/mol.